The van der Waals surface area contributed by atoms with Gasteiger partial charge in [-0.1, -0.05) is 17.7 Å². The fraction of sp³-hybridized carbons (Fsp3) is 0.278. The molecule has 0 bridgehead atoms. The molecule has 0 spiro atoms. The number of hydrogen-bond donors (Lipinski definition) is 2. The molecule has 0 saturated heterocycles. The Labute approximate surface area is 146 Å². The Balaban J connectivity index is 2.31. The van der Waals surface area contributed by atoms with Crippen molar-refractivity contribution in [1.29, 1.82) is 0 Å². The van der Waals surface area contributed by atoms with Gasteiger partial charge >= 0.3 is 5.97 Å². The average molecular weight is 350 g/mol. The van der Waals surface area contributed by atoms with E-state index in [0.29, 0.717) is 35.2 Å². The highest BCUT2D eigenvalue weighted by atomic mass is 35.5. The molecule has 0 amide bonds. The van der Waals surface area contributed by atoms with E-state index >= 15 is 0 Å². The minimum Gasteiger partial charge on any atom is -0.493 e. The predicted octanol–water partition coefficient (Wildman–Crippen LogP) is 4.37. The van der Waals surface area contributed by atoms with Crippen LogP contribution in [0, 0.1) is 6.92 Å². The van der Waals surface area contributed by atoms with Crippen molar-refractivity contribution < 1.29 is 19.4 Å². The summed E-state index contributed by atoms with van der Waals surface area (Å²) >= 11 is 6.14. The number of carboxylic acids is 1. The first-order chi connectivity index (χ1) is 11.5. The van der Waals surface area contributed by atoms with Crippen LogP contribution in [0.4, 0.5) is 5.69 Å². The molecule has 2 aromatic rings. The molecule has 2 aromatic carbocycles. The van der Waals surface area contributed by atoms with E-state index in [-0.39, 0.29) is 5.56 Å². The number of anilines is 1. The molecule has 0 fully saturated rings. The summed E-state index contributed by atoms with van der Waals surface area (Å²) in [5.41, 5.74) is 2.53. The van der Waals surface area contributed by atoms with Gasteiger partial charge in [0.05, 0.1) is 19.3 Å². The van der Waals surface area contributed by atoms with Gasteiger partial charge < -0.3 is 19.9 Å². The summed E-state index contributed by atoms with van der Waals surface area (Å²) < 4.78 is 11.0. The zero-order valence-corrected chi connectivity index (χ0v) is 14.6. The number of ether oxygens (including phenoxy) is 2. The topological polar surface area (TPSA) is 67.8 Å². The van der Waals surface area contributed by atoms with Crippen LogP contribution in [-0.2, 0) is 6.54 Å². The van der Waals surface area contributed by atoms with Gasteiger partial charge in [-0.3, -0.25) is 0 Å². The van der Waals surface area contributed by atoms with Crippen LogP contribution in [0.3, 0.4) is 0 Å². The lowest BCUT2D eigenvalue weighted by atomic mass is 10.1. The van der Waals surface area contributed by atoms with Crippen LogP contribution >= 0.6 is 11.6 Å². The Kier molecular flexibility index (Phi) is 5.93. The highest BCUT2D eigenvalue weighted by Crippen LogP contribution is 2.35. The zero-order valence-electron chi connectivity index (χ0n) is 13.9. The normalized spacial score (nSPS) is 10.3. The maximum absolute atomic E-state index is 11.2. The fourth-order valence-corrected chi connectivity index (χ4v) is 2.69. The molecule has 0 aliphatic heterocycles. The molecule has 6 heteroatoms. The zero-order chi connectivity index (χ0) is 17.7. The van der Waals surface area contributed by atoms with E-state index in [1.165, 1.54) is 0 Å². The molecule has 0 unspecified atom stereocenters. The maximum atomic E-state index is 11.2. The van der Waals surface area contributed by atoms with Crippen LogP contribution in [0.25, 0.3) is 0 Å². The second kappa shape index (κ2) is 7.93. The van der Waals surface area contributed by atoms with Crippen molar-refractivity contribution in [3.05, 3.63) is 52.0 Å². The van der Waals surface area contributed by atoms with Gasteiger partial charge in [0.25, 0.3) is 0 Å². The van der Waals surface area contributed by atoms with E-state index in [4.69, 9.17) is 21.1 Å². The molecule has 5 nitrogen and oxygen atoms in total. The van der Waals surface area contributed by atoms with Gasteiger partial charge in [0.2, 0.25) is 0 Å². The van der Waals surface area contributed by atoms with Gasteiger partial charge in [-0.25, -0.2) is 4.79 Å². The van der Waals surface area contributed by atoms with Crippen molar-refractivity contribution in [2.75, 3.05) is 19.0 Å². The van der Waals surface area contributed by atoms with Crippen molar-refractivity contribution in [2.45, 2.75) is 20.4 Å². The van der Waals surface area contributed by atoms with E-state index < -0.39 is 5.97 Å². The third-order valence-electron chi connectivity index (χ3n) is 3.64. The fourth-order valence-electron chi connectivity index (χ4n) is 2.46. The number of rotatable bonds is 7. The lowest BCUT2D eigenvalue weighted by molar-refractivity contribution is 0.0696. The first-order valence-corrected chi connectivity index (χ1v) is 7.91. The summed E-state index contributed by atoms with van der Waals surface area (Å²) in [4.78, 5) is 11.2. The molecule has 0 aliphatic rings. The number of aromatic carboxylic acids is 1. The van der Waals surface area contributed by atoms with E-state index in [1.807, 2.05) is 13.0 Å². The molecule has 24 heavy (non-hydrogen) atoms. The third-order valence-corrected chi connectivity index (χ3v) is 3.86. The number of hydrogen-bond acceptors (Lipinski definition) is 4. The van der Waals surface area contributed by atoms with Crippen LogP contribution in [0.2, 0.25) is 5.02 Å². The summed E-state index contributed by atoms with van der Waals surface area (Å²) in [6, 6.07) is 8.63. The highest BCUT2D eigenvalue weighted by molar-refractivity contribution is 6.30. The number of nitrogens with one attached hydrogen (secondary N) is 1. The number of benzene rings is 2. The van der Waals surface area contributed by atoms with E-state index in [0.717, 1.165) is 11.3 Å². The molecular formula is C18H20ClNO4. The van der Waals surface area contributed by atoms with Crippen molar-refractivity contribution in [3.63, 3.8) is 0 Å². The van der Waals surface area contributed by atoms with Gasteiger partial charge in [-0.05, 0) is 37.6 Å². The molecule has 0 saturated carbocycles. The molecule has 128 valence electrons. The van der Waals surface area contributed by atoms with Crippen molar-refractivity contribution >= 4 is 23.3 Å². The first-order valence-electron chi connectivity index (χ1n) is 7.53. The van der Waals surface area contributed by atoms with Crippen LogP contribution in [0.15, 0.2) is 30.3 Å². The van der Waals surface area contributed by atoms with E-state index in [1.54, 1.807) is 38.3 Å². The smallest absolute Gasteiger partial charge is 0.336 e. The van der Waals surface area contributed by atoms with Crippen molar-refractivity contribution in [2.24, 2.45) is 0 Å². The molecule has 0 aromatic heterocycles. The Morgan fingerprint density at radius 3 is 2.71 bits per heavy atom. The number of carboxylic acid groups (broad SMARTS) is 1. The summed E-state index contributed by atoms with van der Waals surface area (Å²) in [6.45, 7) is 4.59. The molecule has 0 heterocycles. The Hall–Kier alpha value is -2.40. The van der Waals surface area contributed by atoms with Gasteiger partial charge in [0.15, 0.2) is 11.5 Å². The first kappa shape index (κ1) is 17.9. The maximum Gasteiger partial charge on any atom is 0.336 e. The third kappa shape index (κ3) is 3.92. The number of methoxy groups -OCH3 is 1. The summed E-state index contributed by atoms with van der Waals surface area (Å²) in [5, 5.41) is 13.0. The molecule has 2 rings (SSSR count). The summed E-state index contributed by atoms with van der Waals surface area (Å²) in [7, 11) is 1.56. The second-order valence-electron chi connectivity index (χ2n) is 5.17. The van der Waals surface area contributed by atoms with Crippen LogP contribution < -0.4 is 14.8 Å². The Morgan fingerprint density at radius 2 is 2.08 bits per heavy atom. The predicted molar refractivity (Wildman–Crippen MR) is 94.6 cm³/mol. The number of carbonyl (C=O) groups is 1. The van der Waals surface area contributed by atoms with Crippen LogP contribution in [-0.4, -0.2) is 24.8 Å². The second-order valence-corrected chi connectivity index (χ2v) is 5.60. The largest absolute Gasteiger partial charge is 0.493 e. The minimum atomic E-state index is -0.949. The molecule has 0 atom stereocenters. The quantitative estimate of drug-likeness (QED) is 0.777. The Bertz CT molecular complexity index is 746. The lowest BCUT2D eigenvalue weighted by Gasteiger charge is -2.17. The summed E-state index contributed by atoms with van der Waals surface area (Å²) in [5.74, 6) is 0.247. The standard InChI is InChI=1S/C18H20ClNO4/c1-4-24-17-12(8-13(19)9-16(17)23-3)10-20-15-7-5-6-14(11(15)2)18(21)22/h5-9,20H,4,10H2,1-3H3,(H,21,22). The lowest BCUT2D eigenvalue weighted by Crippen LogP contribution is -2.08. The SMILES string of the molecule is CCOc1c(CNc2cccc(C(=O)O)c2C)cc(Cl)cc1OC. The van der Waals surface area contributed by atoms with Gasteiger partial charge in [-0.2, -0.15) is 0 Å². The van der Waals surface area contributed by atoms with Crippen LogP contribution in [0.1, 0.15) is 28.4 Å². The van der Waals surface area contributed by atoms with Gasteiger partial charge in [-0.15, -0.1) is 0 Å². The van der Waals surface area contributed by atoms with Gasteiger partial charge in [0, 0.05) is 28.9 Å². The van der Waals surface area contributed by atoms with E-state index in [2.05, 4.69) is 5.32 Å². The Morgan fingerprint density at radius 1 is 1.33 bits per heavy atom. The molecule has 2 N–H and O–H groups in total. The van der Waals surface area contributed by atoms with Crippen molar-refractivity contribution in [1.82, 2.24) is 0 Å². The minimum absolute atomic E-state index is 0.272. The summed E-state index contributed by atoms with van der Waals surface area (Å²) in [6.07, 6.45) is 0. The molecular weight excluding hydrogens is 330 g/mol. The molecule has 0 aliphatic carbocycles. The highest BCUT2D eigenvalue weighted by Gasteiger charge is 2.14. The van der Waals surface area contributed by atoms with E-state index in [9.17, 15) is 9.90 Å². The van der Waals surface area contributed by atoms with Crippen molar-refractivity contribution in [3.8, 4) is 11.5 Å². The van der Waals surface area contributed by atoms with Crippen LogP contribution in [0.5, 0.6) is 11.5 Å². The van der Waals surface area contributed by atoms with Gasteiger partial charge in [0.1, 0.15) is 0 Å². The monoisotopic (exact) mass is 349 g/mol. The molecule has 0 radical (unpaired) electrons. The average Bonchev–Trinajstić information content (AvgIpc) is 2.55. The number of halogens is 1.